The van der Waals surface area contributed by atoms with E-state index in [9.17, 15) is 5.11 Å². The van der Waals surface area contributed by atoms with Crippen LogP contribution in [0, 0.1) is 0 Å². The van der Waals surface area contributed by atoms with Gasteiger partial charge >= 0.3 is 0 Å². The summed E-state index contributed by atoms with van der Waals surface area (Å²) in [6.07, 6.45) is 1.93. The number of aliphatic hydroxyl groups is 1. The Morgan fingerprint density at radius 3 is 3.06 bits per heavy atom. The number of nitrogens with zero attached hydrogens (tertiary/aromatic N) is 1. The molecule has 0 spiro atoms. The van der Waals surface area contributed by atoms with Crippen molar-refractivity contribution in [2.24, 2.45) is 0 Å². The molecule has 1 unspecified atom stereocenters. The molecular formula is C13H15NO2S. The highest BCUT2D eigenvalue weighted by molar-refractivity contribution is 7.09. The molecule has 0 saturated carbocycles. The van der Waals surface area contributed by atoms with Crippen molar-refractivity contribution in [1.82, 2.24) is 4.98 Å². The van der Waals surface area contributed by atoms with Gasteiger partial charge < -0.3 is 9.84 Å². The van der Waals surface area contributed by atoms with E-state index < -0.39 is 6.10 Å². The number of aromatic nitrogens is 1. The van der Waals surface area contributed by atoms with E-state index in [-0.39, 0.29) is 0 Å². The van der Waals surface area contributed by atoms with Crippen molar-refractivity contribution < 1.29 is 9.84 Å². The summed E-state index contributed by atoms with van der Waals surface area (Å²) in [5.74, 6) is 0. The lowest BCUT2D eigenvalue weighted by atomic mass is 10.0. The fourth-order valence-corrected chi connectivity index (χ4v) is 2.34. The second kappa shape index (κ2) is 5.91. The Hall–Kier alpha value is -1.23. The number of benzene rings is 1. The Morgan fingerprint density at radius 1 is 1.47 bits per heavy atom. The molecule has 0 aliphatic rings. The molecule has 1 aromatic heterocycles. The molecule has 2 rings (SSSR count). The summed E-state index contributed by atoms with van der Waals surface area (Å²) in [6.45, 7) is 0.571. The average Bonchev–Trinajstić information content (AvgIpc) is 2.83. The lowest BCUT2D eigenvalue weighted by molar-refractivity contribution is 0.175. The Kier molecular flexibility index (Phi) is 4.25. The van der Waals surface area contributed by atoms with Gasteiger partial charge in [-0.3, -0.25) is 4.98 Å². The van der Waals surface area contributed by atoms with Gasteiger partial charge in [-0.2, -0.15) is 0 Å². The summed E-state index contributed by atoms with van der Waals surface area (Å²) in [5, 5.41) is 10.1. The van der Waals surface area contributed by atoms with Crippen LogP contribution in [-0.2, 0) is 17.8 Å². The molecule has 1 heterocycles. The lowest BCUT2D eigenvalue weighted by Gasteiger charge is -2.11. The molecule has 0 fully saturated rings. The summed E-state index contributed by atoms with van der Waals surface area (Å²) in [5.41, 5.74) is 3.78. The fourth-order valence-electron chi connectivity index (χ4n) is 1.71. The monoisotopic (exact) mass is 249 g/mol. The highest BCUT2D eigenvalue weighted by atomic mass is 32.1. The zero-order valence-corrected chi connectivity index (χ0v) is 10.5. The molecule has 0 radical (unpaired) electrons. The Balaban J connectivity index is 2.07. The number of methoxy groups -OCH3 is 1. The first-order valence-corrected chi connectivity index (χ1v) is 6.31. The van der Waals surface area contributed by atoms with Gasteiger partial charge in [-0.25, -0.2) is 0 Å². The van der Waals surface area contributed by atoms with Crippen LogP contribution in [0.2, 0.25) is 0 Å². The van der Waals surface area contributed by atoms with Gasteiger partial charge in [-0.1, -0.05) is 24.3 Å². The summed E-state index contributed by atoms with van der Waals surface area (Å²) >= 11 is 1.56. The van der Waals surface area contributed by atoms with Gasteiger partial charge in [0.1, 0.15) is 0 Å². The molecule has 4 heteroatoms. The minimum atomic E-state index is -0.479. The van der Waals surface area contributed by atoms with Crippen LogP contribution in [0.25, 0.3) is 0 Å². The number of aliphatic hydroxyl groups excluding tert-OH is 1. The van der Waals surface area contributed by atoms with Gasteiger partial charge in [0.25, 0.3) is 0 Å². The molecule has 1 N–H and O–H groups in total. The van der Waals surface area contributed by atoms with Crippen LogP contribution in [0.1, 0.15) is 22.1 Å². The standard InChI is InChI=1S/C13H15NO2S/c1-16-8-10-3-2-4-11(5-10)13(15)6-12-7-14-9-17-12/h2-5,7,9,13,15H,6,8H2,1H3. The molecule has 2 aromatic rings. The lowest BCUT2D eigenvalue weighted by Crippen LogP contribution is -2.01. The van der Waals surface area contributed by atoms with Crippen molar-refractivity contribution in [3.8, 4) is 0 Å². The minimum absolute atomic E-state index is 0.479. The smallest absolute Gasteiger partial charge is 0.0838 e. The van der Waals surface area contributed by atoms with E-state index in [0.717, 1.165) is 16.0 Å². The largest absolute Gasteiger partial charge is 0.388 e. The molecular weight excluding hydrogens is 234 g/mol. The first-order chi connectivity index (χ1) is 8.29. The Labute approximate surface area is 105 Å². The van der Waals surface area contributed by atoms with E-state index in [1.807, 2.05) is 24.3 Å². The van der Waals surface area contributed by atoms with E-state index >= 15 is 0 Å². The maximum atomic E-state index is 10.1. The molecule has 0 aliphatic heterocycles. The molecule has 3 nitrogen and oxygen atoms in total. The van der Waals surface area contributed by atoms with Gasteiger partial charge in [0.2, 0.25) is 0 Å². The van der Waals surface area contributed by atoms with Crippen LogP contribution >= 0.6 is 11.3 Å². The molecule has 1 atom stereocenters. The first kappa shape index (κ1) is 12.2. The number of hydrogen-bond donors (Lipinski definition) is 1. The van der Waals surface area contributed by atoms with Crippen molar-refractivity contribution >= 4 is 11.3 Å². The SMILES string of the molecule is COCc1cccc(C(O)Cc2cncs2)c1. The minimum Gasteiger partial charge on any atom is -0.388 e. The maximum absolute atomic E-state index is 10.1. The van der Waals surface area contributed by atoms with Crippen molar-refractivity contribution in [1.29, 1.82) is 0 Å². The third-order valence-electron chi connectivity index (χ3n) is 2.52. The molecule has 0 saturated heterocycles. The van der Waals surface area contributed by atoms with Crippen molar-refractivity contribution in [2.75, 3.05) is 7.11 Å². The third kappa shape index (κ3) is 3.36. The summed E-state index contributed by atoms with van der Waals surface area (Å²) < 4.78 is 5.08. The van der Waals surface area contributed by atoms with Crippen LogP contribution < -0.4 is 0 Å². The molecule has 17 heavy (non-hydrogen) atoms. The predicted octanol–water partition coefficient (Wildman–Crippen LogP) is 2.57. The van der Waals surface area contributed by atoms with Gasteiger partial charge in [-0.05, 0) is 11.1 Å². The van der Waals surface area contributed by atoms with Crippen LogP contribution in [0.15, 0.2) is 36.0 Å². The zero-order valence-electron chi connectivity index (χ0n) is 9.67. The quantitative estimate of drug-likeness (QED) is 0.885. The summed E-state index contributed by atoms with van der Waals surface area (Å²) in [4.78, 5) is 5.10. The number of ether oxygens (including phenoxy) is 1. The normalized spacial score (nSPS) is 12.6. The van der Waals surface area contributed by atoms with Crippen molar-refractivity contribution in [3.63, 3.8) is 0 Å². The summed E-state index contributed by atoms with van der Waals surface area (Å²) in [7, 11) is 1.67. The molecule has 0 amide bonds. The highest BCUT2D eigenvalue weighted by Crippen LogP contribution is 2.21. The predicted molar refractivity (Wildman–Crippen MR) is 67.9 cm³/mol. The maximum Gasteiger partial charge on any atom is 0.0838 e. The van der Waals surface area contributed by atoms with Crippen molar-refractivity contribution in [3.05, 3.63) is 52.0 Å². The van der Waals surface area contributed by atoms with Gasteiger partial charge in [0.15, 0.2) is 0 Å². The van der Waals surface area contributed by atoms with E-state index in [4.69, 9.17) is 4.74 Å². The van der Waals surface area contributed by atoms with Crippen LogP contribution in [0.3, 0.4) is 0 Å². The number of rotatable bonds is 5. The van der Waals surface area contributed by atoms with E-state index in [2.05, 4.69) is 4.98 Å². The zero-order chi connectivity index (χ0) is 12.1. The first-order valence-electron chi connectivity index (χ1n) is 5.43. The Bertz CT molecular complexity index is 456. The topological polar surface area (TPSA) is 42.4 Å². The second-order valence-electron chi connectivity index (χ2n) is 3.87. The van der Waals surface area contributed by atoms with Gasteiger partial charge in [0, 0.05) is 24.6 Å². The van der Waals surface area contributed by atoms with Gasteiger partial charge in [-0.15, -0.1) is 11.3 Å². The van der Waals surface area contributed by atoms with Crippen LogP contribution in [-0.4, -0.2) is 17.2 Å². The number of thiazole rings is 1. The van der Waals surface area contributed by atoms with E-state index in [1.165, 1.54) is 0 Å². The average molecular weight is 249 g/mol. The Morgan fingerprint density at radius 2 is 2.35 bits per heavy atom. The molecule has 0 bridgehead atoms. The van der Waals surface area contributed by atoms with Crippen LogP contribution in [0.5, 0.6) is 0 Å². The fraction of sp³-hybridized carbons (Fsp3) is 0.308. The highest BCUT2D eigenvalue weighted by Gasteiger charge is 2.10. The third-order valence-corrected chi connectivity index (χ3v) is 3.33. The number of hydrogen-bond acceptors (Lipinski definition) is 4. The van der Waals surface area contributed by atoms with Crippen LogP contribution in [0.4, 0.5) is 0 Å². The summed E-state index contributed by atoms with van der Waals surface area (Å²) in [6, 6.07) is 7.85. The second-order valence-corrected chi connectivity index (χ2v) is 4.84. The van der Waals surface area contributed by atoms with E-state index in [0.29, 0.717) is 13.0 Å². The van der Waals surface area contributed by atoms with Crippen molar-refractivity contribution in [2.45, 2.75) is 19.1 Å². The molecule has 90 valence electrons. The van der Waals surface area contributed by atoms with E-state index in [1.54, 1.807) is 30.2 Å². The molecule has 1 aromatic carbocycles. The van der Waals surface area contributed by atoms with Gasteiger partial charge in [0.05, 0.1) is 18.2 Å². The molecule has 0 aliphatic carbocycles.